The van der Waals surface area contributed by atoms with E-state index < -0.39 is 0 Å². The Morgan fingerprint density at radius 3 is 2.69 bits per heavy atom. The highest BCUT2D eigenvalue weighted by molar-refractivity contribution is 7.23. The van der Waals surface area contributed by atoms with E-state index in [0.29, 0.717) is 4.34 Å². The van der Waals surface area contributed by atoms with Crippen molar-refractivity contribution in [3.05, 3.63) is 21.6 Å². The van der Waals surface area contributed by atoms with Gasteiger partial charge < -0.3 is 5.32 Å². The molecule has 1 saturated carbocycles. The van der Waals surface area contributed by atoms with E-state index in [0.717, 1.165) is 22.6 Å². The summed E-state index contributed by atoms with van der Waals surface area (Å²) >= 11 is 9.01. The number of thiazole rings is 2. The molecule has 1 fully saturated rings. The minimum atomic E-state index is 0.711. The standard InChI is InChI=1S/C10H10ClN3S2/c11-8-5-14-10(16-8)9-13-4-7(15-9)3-12-6-1-2-6/h4-6,12H,1-3H2. The lowest BCUT2D eigenvalue weighted by Crippen LogP contribution is -2.14. The third kappa shape index (κ3) is 2.43. The highest BCUT2D eigenvalue weighted by Gasteiger charge is 2.20. The summed E-state index contributed by atoms with van der Waals surface area (Å²) in [5.74, 6) is 0. The van der Waals surface area contributed by atoms with Crippen LogP contribution >= 0.6 is 34.3 Å². The third-order valence-corrected chi connectivity index (χ3v) is 4.61. The first-order valence-electron chi connectivity index (χ1n) is 5.11. The van der Waals surface area contributed by atoms with Gasteiger partial charge >= 0.3 is 0 Å². The molecule has 1 aliphatic rings. The molecule has 0 amide bonds. The highest BCUT2D eigenvalue weighted by Crippen LogP contribution is 2.31. The number of hydrogen-bond donors (Lipinski definition) is 1. The van der Waals surface area contributed by atoms with Crippen molar-refractivity contribution in [2.75, 3.05) is 0 Å². The van der Waals surface area contributed by atoms with Crippen LogP contribution in [0.4, 0.5) is 0 Å². The number of hydrogen-bond acceptors (Lipinski definition) is 5. The van der Waals surface area contributed by atoms with Crippen molar-refractivity contribution in [3.63, 3.8) is 0 Å². The molecule has 0 aromatic carbocycles. The zero-order chi connectivity index (χ0) is 11.0. The van der Waals surface area contributed by atoms with Crippen LogP contribution in [-0.4, -0.2) is 16.0 Å². The Bertz CT molecular complexity index is 490. The summed E-state index contributed by atoms with van der Waals surface area (Å²) in [4.78, 5) is 9.84. The molecule has 3 rings (SSSR count). The van der Waals surface area contributed by atoms with Gasteiger partial charge in [0.2, 0.25) is 0 Å². The molecule has 1 aliphatic carbocycles. The summed E-state index contributed by atoms with van der Waals surface area (Å²) in [5.41, 5.74) is 0. The van der Waals surface area contributed by atoms with E-state index in [2.05, 4.69) is 15.3 Å². The van der Waals surface area contributed by atoms with Crippen molar-refractivity contribution in [3.8, 4) is 10.0 Å². The van der Waals surface area contributed by atoms with Crippen LogP contribution in [-0.2, 0) is 6.54 Å². The average Bonchev–Trinajstić information content (AvgIpc) is 2.81. The van der Waals surface area contributed by atoms with Crippen LogP contribution in [0.1, 0.15) is 17.7 Å². The molecule has 0 atom stereocenters. The van der Waals surface area contributed by atoms with E-state index in [1.54, 1.807) is 17.5 Å². The molecule has 84 valence electrons. The van der Waals surface area contributed by atoms with Crippen molar-refractivity contribution >= 4 is 34.3 Å². The Balaban J connectivity index is 1.71. The van der Waals surface area contributed by atoms with Gasteiger partial charge in [-0.1, -0.05) is 22.9 Å². The van der Waals surface area contributed by atoms with Crippen molar-refractivity contribution in [2.24, 2.45) is 0 Å². The maximum atomic E-state index is 5.85. The second-order valence-corrected chi connectivity index (χ2v) is 6.53. The largest absolute Gasteiger partial charge is 0.309 e. The minimum absolute atomic E-state index is 0.711. The van der Waals surface area contributed by atoms with E-state index in [4.69, 9.17) is 11.6 Å². The summed E-state index contributed by atoms with van der Waals surface area (Å²) < 4.78 is 0.711. The van der Waals surface area contributed by atoms with E-state index >= 15 is 0 Å². The summed E-state index contributed by atoms with van der Waals surface area (Å²) in [6.07, 6.45) is 6.22. The maximum Gasteiger partial charge on any atom is 0.153 e. The zero-order valence-electron chi connectivity index (χ0n) is 8.44. The van der Waals surface area contributed by atoms with Gasteiger partial charge in [-0.05, 0) is 12.8 Å². The van der Waals surface area contributed by atoms with Gasteiger partial charge in [0.15, 0.2) is 10.0 Å². The molecule has 0 bridgehead atoms. The lowest BCUT2D eigenvalue weighted by Gasteiger charge is -1.96. The molecule has 3 nitrogen and oxygen atoms in total. The van der Waals surface area contributed by atoms with Gasteiger partial charge in [0.1, 0.15) is 4.34 Å². The van der Waals surface area contributed by atoms with Crippen molar-refractivity contribution in [1.29, 1.82) is 0 Å². The second-order valence-electron chi connectivity index (χ2n) is 3.76. The van der Waals surface area contributed by atoms with Crippen LogP contribution in [0.25, 0.3) is 10.0 Å². The summed E-state index contributed by atoms with van der Waals surface area (Å²) in [6, 6.07) is 0.736. The number of aromatic nitrogens is 2. The minimum Gasteiger partial charge on any atom is -0.309 e. The van der Waals surface area contributed by atoms with Crippen molar-refractivity contribution in [1.82, 2.24) is 15.3 Å². The quantitative estimate of drug-likeness (QED) is 0.928. The Hall–Kier alpha value is -0.490. The molecular formula is C10H10ClN3S2. The predicted molar refractivity (Wildman–Crippen MR) is 68.1 cm³/mol. The summed E-state index contributed by atoms with van der Waals surface area (Å²) in [5, 5.41) is 5.34. The number of nitrogens with zero attached hydrogens (tertiary/aromatic N) is 2. The van der Waals surface area contributed by atoms with Gasteiger partial charge in [0.05, 0.1) is 6.20 Å². The fourth-order valence-corrected chi connectivity index (χ4v) is 3.18. The average molecular weight is 272 g/mol. The molecule has 0 saturated heterocycles. The highest BCUT2D eigenvalue weighted by atomic mass is 35.5. The van der Waals surface area contributed by atoms with Gasteiger partial charge in [-0.3, -0.25) is 0 Å². The van der Waals surface area contributed by atoms with Crippen LogP contribution in [0.15, 0.2) is 12.4 Å². The van der Waals surface area contributed by atoms with Crippen LogP contribution < -0.4 is 5.32 Å². The van der Waals surface area contributed by atoms with Gasteiger partial charge in [-0.2, -0.15) is 0 Å². The molecule has 16 heavy (non-hydrogen) atoms. The van der Waals surface area contributed by atoms with Crippen LogP contribution in [0.5, 0.6) is 0 Å². The fraction of sp³-hybridized carbons (Fsp3) is 0.400. The van der Waals surface area contributed by atoms with E-state index in [9.17, 15) is 0 Å². The molecule has 2 aromatic heterocycles. The van der Waals surface area contributed by atoms with Gasteiger partial charge in [0.25, 0.3) is 0 Å². The van der Waals surface area contributed by atoms with Gasteiger partial charge in [-0.15, -0.1) is 11.3 Å². The van der Waals surface area contributed by atoms with E-state index in [1.165, 1.54) is 29.1 Å². The Labute approximate surface area is 107 Å². The lowest BCUT2D eigenvalue weighted by atomic mass is 10.5. The van der Waals surface area contributed by atoms with E-state index in [1.807, 2.05) is 6.20 Å². The predicted octanol–water partition coefficient (Wildman–Crippen LogP) is 3.17. The molecule has 1 N–H and O–H groups in total. The first-order chi connectivity index (χ1) is 7.81. The molecule has 0 spiro atoms. The number of nitrogens with one attached hydrogen (secondary N) is 1. The zero-order valence-corrected chi connectivity index (χ0v) is 10.8. The Kier molecular flexibility index (Phi) is 2.93. The summed E-state index contributed by atoms with van der Waals surface area (Å²) in [7, 11) is 0. The monoisotopic (exact) mass is 271 g/mol. The molecule has 0 aliphatic heterocycles. The number of rotatable bonds is 4. The van der Waals surface area contributed by atoms with Gasteiger partial charge in [0, 0.05) is 23.7 Å². The van der Waals surface area contributed by atoms with Crippen LogP contribution in [0.2, 0.25) is 4.34 Å². The van der Waals surface area contributed by atoms with Gasteiger partial charge in [-0.25, -0.2) is 9.97 Å². The van der Waals surface area contributed by atoms with Crippen LogP contribution in [0.3, 0.4) is 0 Å². The van der Waals surface area contributed by atoms with Crippen molar-refractivity contribution < 1.29 is 0 Å². The van der Waals surface area contributed by atoms with Crippen LogP contribution in [0, 0.1) is 0 Å². The molecule has 0 unspecified atom stereocenters. The normalized spacial score (nSPS) is 15.6. The molecule has 2 heterocycles. The number of halogens is 1. The third-order valence-electron chi connectivity index (χ3n) is 2.36. The summed E-state index contributed by atoms with van der Waals surface area (Å²) in [6.45, 7) is 0.918. The van der Waals surface area contributed by atoms with Crippen molar-refractivity contribution in [2.45, 2.75) is 25.4 Å². The molecular weight excluding hydrogens is 262 g/mol. The first-order valence-corrected chi connectivity index (χ1v) is 7.12. The Morgan fingerprint density at radius 2 is 2.00 bits per heavy atom. The maximum absolute atomic E-state index is 5.85. The first kappa shape index (κ1) is 10.7. The second kappa shape index (κ2) is 4.41. The lowest BCUT2D eigenvalue weighted by molar-refractivity contribution is 0.694. The molecule has 0 radical (unpaired) electrons. The Morgan fingerprint density at radius 1 is 1.25 bits per heavy atom. The topological polar surface area (TPSA) is 37.8 Å². The molecule has 6 heteroatoms. The van der Waals surface area contributed by atoms with E-state index in [-0.39, 0.29) is 0 Å². The SMILES string of the molecule is Clc1cnc(-c2ncc(CNC3CC3)s2)s1. The smallest absolute Gasteiger partial charge is 0.153 e. The fourth-order valence-electron chi connectivity index (χ4n) is 1.37. The molecule has 2 aromatic rings.